The van der Waals surface area contributed by atoms with Gasteiger partial charge in [-0.05, 0) is 63.5 Å². The van der Waals surface area contributed by atoms with Gasteiger partial charge in [0, 0.05) is 84.4 Å². The number of pyridine rings is 1. The Kier molecular flexibility index (Phi) is 16.9. The molecule has 2 aliphatic rings. The normalized spacial score (nSPS) is 16.1. The third-order valence-electron chi connectivity index (χ3n) is 13.1. The van der Waals surface area contributed by atoms with E-state index in [2.05, 4.69) is 40.4 Å². The van der Waals surface area contributed by atoms with Crippen molar-refractivity contribution < 1.29 is 39.8 Å². The molecule has 0 spiro atoms. The maximum atomic E-state index is 14.4. The quantitative estimate of drug-likeness (QED) is 0.0675. The Bertz CT molecular complexity index is 3660. The second kappa shape index (κ2) is 23.6. The first-order valence-corrected chi connectivity index (χ1v) is 31.0. The highest BCUT2D eigenvalue weighted by atomic mass is 32.2. The molecule has 1 fully saturated rings. The number of nitrogens with zero attached hydrogens (tertiary/aromatic N) is 13. The summed E-state index contributed by atoms with van der Waals surface area (Å²) in [5.41, 5.74) is 3.37. The maximum Gasteiger partial charge on any atom is 0.257 e. The second-order valence-corrected chi connectivity index (χ2v) is 25.0. The number of rotatable bonds is 23. The van der Waals surface area contributed by atoms with Crippen molar-refractivity contribution in [2.45, 2.75) is 76.2 Å². The predicted molar refractivity (Wildman–Crippen MR) is 290 cm³/mol. The summed E-state index contributed by atoms with van der Waals surface area (Å²) in [5.74, 6) is 0.518. The van der Waals surface area contributed by atoms with Gasteiger partial charge in [-0.1, -0.05) is 66.4 Å². The molecular formula is C49H58N14O10S4. The van der Waals surface area contributed by atoms with Crippen molar-refractivity contribution in [3.05, 3.63) is 118 Å². The molecule has 1 saturated heterocycles. The number of aliphatic hydroxyl groups is 1. The Hall–Kier alpha value is -6.53. The molecule has 28 heteroatoms. The van der Waals surface area contributed by atoms with Crippen molar-refractivity contribution >= 4 is 70.7 Å². The van der Waals surface area contributed by atoms with Crippen LogP contribution in [0.5, 0.6) is 0 Å². The van der Waals surface area contributed by atoms with Crippen LogP contribution in [0.25, 0.3) is 39.9 Å². The van der Waals surface area contributed by atoms with E-state index in [4.69, 9.17) is 14.5 Å². The molecule has 24 nitrogen and oxygen atoms in total. The van der Waals surface area contributed by atoms with Crippen molar-refractivity contribution in [1.82, 2.24) is 57.1 Å². The summed E-state index contributed by atoms with van der Waals surface area (Å²) in [6.07, 6.45) is 9.98. The zero-order valence-corrected chi connectivity index (χ0v) is 45.9. The third-order valence-corrected chi connectivity index (χ3v) is 18.1. The molecule has 408 valence electrons. The summed E-state index contributed by atoms with van der Waals surface area (Å²) in [7, 11) is -11.3. The van der Waals surface area contributed by atoms with Crippen LogP contribution in [0.3, 0.4) is 0 Å². The van der Waals surface area contributed by atoms with E-state index in [9.17, 15) is 35.2 Å². The minimum absolute atomic E-state index is 0.0176. The van der Waals surface area contributed by atoms with E-state index in [1.54, 1.807) is 78.0 Å². The minimum Gasteiger partial charge on any atom is -0.377 e. The highest BCUT2D eigenvalue weighted by Gasteiger charge is 2.30. The van der Waals surface area contributed by atoms with Crippen molar-refractivity contribution in [1.29, 1.82) is 0 Å². The van der Waals surface area contributed by atoms with Crippen LogP contribution in [0, 0.1) is 0 Å². The fourth-order valence-electron chi connectivity index (χ4n) is 8.91. The number of aliphatic hydroxyl groups excluding tert-OH is 1. The molecule has 0 saturated carbocycles. The lowest BCUT2D eigenvalue weighted by molar-refractivity contribution is 0.0518. The number of anilines is 2. The Morgan fingerprint density at radius 3 is 2.10 bits per heavy atom. The third kappa shape index (κ3) is 12.9. The number of aryl methyl sites for hydroxylation is 1. The van der Waals surface area contributed by atoms with Crippen LogP contribution in [0.15, 0.2) is 101 Å². The summed E-state index contributed by atoms with van der Waals surface area (Å²) in [6, 6.07) is 17.6. The number of hydrogen-bond donors (Lipinski definition) is 2. The van der Waals surface area contributed by atoms with Gasteiger partial charge in [0.25, 0.3) is 25.6 Å². The molecular weight excluding hydrogens is 1070 g/mol. The number of ether oxygens (including phenoxy) is 2. The molecule has 0 amide bonds. The molecule has 2 unspecified atom stereocenters. The number of thioether (sulfide) groups is 1. The molecule has 2 N–H and O–H groups in total. The SMILES string of the molecule is CCOCC1=Cc2cnc(SC)nc2N(CCCS(=O)(=O)n2cnc(-c3ccc(C(C)OCc4cc5cnc(NC6CCN(S(C)(=O)=O)CC6)nc5n(CCCS(=O)(=O)n5cnc(-c6ccccc6)n5)c4=O)cc3)n2)C1O. The first-order valence-electron chi connectivity index (χ1n) is 24.7. The van der Waals surface area contributed by atoms with E-state index in [1.165, 1.54) is 26.9 Å². The zero-order valence-electron chi connectivity index (χ0n) is 42.7. The average Bonchev–Trinajstić information content (AvgIpc) is 4.15. The number of aromatic nitrogens is 11. The lowest BCUT2D eigenvalue weighted by atomic mass is 10.1. The van der Waals surface area contributed by atoms with Crippen LogP contribution in [0.2, 0.25) is 0 Å². The number of piperidine rings is 1. The van der Waals surface area contributed by atoms with Crippen LogP contribution in [-0.4, -0.2) is 157 Å². The molecule has 9 rings (SSSR count). The van der Waals surface area contributed by atoms with Crippen LogP contribution in [0.4, 0.5) is 11.8 Å². The summed E-state index contributed by atoms with van der Waals surface area (Å²) in [5, 5.41) is 24.1. The molecule has 2 atom stereocenters. The standard InChI is InChI=1S/C49H58N14O10S4/c1-5-72-29-39-25-38-28-51-49(74-3)56-45(38)61(46(39)64)20-10-24-77(70,71)63-32-53-43(58-63)36-15-13-34(14-16-36)33(2)73-30-40-26-37-27-50-48(54-41-17-21-59(22-18-41)75(4,66)67)55-44(37)60(47(40)65)19-9-23-76(68,69)62-31-52-42(57-62)35-11-7-6-8-12-35/h6-8,11-16,25-28,31-33,41,46,64H,5,9-10,17-24,29-30H2,1-4H3,(H,50,54,55). The van der Waals surface area contributed by atoms with Gasteiger partial charge in [0.2, 0.25) is 16.0 Å². The number of hydrogen-bond acceptors (Lipinski definition) is 21. The molecule has 0 radical (unpaired) electrons. The van der Waals surface area contributed by atoms with E-state index < -0.39 is 48.0 Å². The first kappa shape index (κ1) is 55.2. The highest BCUT2D eigenvalue weighted by molar-refractivity contribution is 7.98. The number of sulfonamides is 1. The average molecular weight is 1130 g/mol. The number of nitrogens with one attached hydrogen (secondary N) is 1. The lowest BCUT2D eigenvalue weighted by Crippen LogP contribution is -2.42. The smallest absolute Gasteiger partial charge is 0.257 e. The van der Waals surface area contributed by atoms with Gasteiger partial charge in [-0.15, -0.1) is 18.4 Å². The molecule has 7 heterocycles. The maximum absolute atomic E-state index is 14.4. The number of fused-ring (bicyclic) bond motifs is 2. The van der Waals surface area contributed by atoms with Crippen LogP contribution < -0.4 is 15.8 Å². The van der Waals surface area contributed by atoms with Gasteiger partial charge in [0.05, 0.1) is 37.1 Å². The molecule has 0 aliphatic carbocycles. The van der Waals surface area contributed by atoms with E-state index in [1.807, 2.05) is 26.2 Å². The van der Waals surface area contributed by atoms with Crippen LogP contribution >= 0.6 is 11.8 Å². The summed E-state index contributed by atoms with van der Waals surface area (Å²) in [6.45, 7) is 5.01. The molecule has 2 aromatic carbocycles. The summed E-state index contributed by atoms with van der Waals surface area (Å²) in [4.78, 5) is 42.7. The fraction of sp³-hybridized carbons (Fsp3) is 0.408. The van der Waals surface area contributed by atoms with Gasteiger partial charge in [-0.2, -0.15) is 4.98 Å². The molecule has 0 bridgehead atoms. The Balaban J connectivity index is 0.860. The van der Waals surface area contributed by atoms with Gasteiger partial charge in [0.15, 0.2) is 23.0 Å². The molecule has 2 aliphatic heterocycles. The van der Waals surface area contributed by atoms with Crippen molar-refractivity contribution in [2.75, 3.05) is 67.1 Å². The topological polar surface area (TPSA) is 295 Å². The summed E-state index contributed by atoms with van der Waals surface area (Å²) < 4.78 is 94.6. The zero-order chi connectivity index (χ0) is 54.5. The van der Waals surface area contributed by atoms with Crippen molar-refractivity contribution in [3.63, 3.8) is 0 Å². The fourth-order valence-corrected chi connectivity index (χ4v) is 12.3. The van der Waals surface area contributed by atoms with Gasteiger partial charge >= 0.3 is 0 Å². The first-order chi connectivity index (χ1) is 36.9. The van der Waals surface area contributed by atoms with Crippen molar-refractivity contribution in [2.24, 2.45) is 0 Å². The van der Waals surface area contributed by atoms with Gasteiger partial charge in [-0.25, -0.2) is 54.5 Å². The van der Waals surface area contributed by atoms with E-state index >= 15 is 0 Å². The van der Waals surface area contributed by atoms with Crippen molar-refractivity contribution in [3.8, 4) is 22.8 Å². The Morgan fingerprint density at radius 2 is 1.47 bits per heavy atom. The lowest BCUT2D eigenvalue weighted by Gasteiger charge is -2.35. The van der Waals surface area contributed by atoms with E-state index in [-0.39, 0.29) is 85.5 Å². The van der Waals surface area contributed by atoms with Crippen LogP contribution in [-0.2, 0) is 52.7 Å². The summed E-state index contributed by atoms with van der Waals surface area (Å²) >= 11 is 1.36. The Labute approximate surface area is 449 Å². The van der Waals surface area contributed by atoms with Gasteiger partial charge in [0.1, 0.15) is 24.1 Å². The monoisotopic (exact) mass is 1130 g/mol. The van der Waals surface area contributed by atoms with E-state index in [0.29, 0.717) is 71.2 Å². The second-order valence-electron chi connectivity index (χ2n) is 18.4. The van der Waals surface area contributed by atoms with Gasteiger partial charge in [-0.3, -0.25) is 9.36 Å². The Morgan fingerprint density at radius 1 is 0.818 bits per heavy atom. The molecule has 5 aromatic heterocycles. The van der Waals surface area contributed by atoms with Gasteiger partial charge < -0.3 is 24.8 Å². The van der Waals surface area contributed by atoms with Crippen LogP contribution in [0.1, 0.15) is 62.3 Å². The minimum atomic E-state index is -3.98. The van der Waals surface area contributed by atoms with E-state index in [0.717, 1.165) is 26.4 Å². The molecule has 7 aromatic rings. The largest absolute Gasteiger partial charge is 0.377 e. The molecule has 77 heavy (non-hydrogen) atoms. The number of benzene rings is 2. The predicted octanol–water partition coefficient (Wildman–Crippen LogP) is 4.03. The highest BCUT2D eigenvalue weighted by Crippen LogP contribution is 2.32.